The molecule has 0 fully saturated rings. The second kappa shape index (κ2) is 7.44. The molecular weight excluding hydrogens is 252 g/mol. The van der Waals surface area contributed by atoms with Crippen LogP contribution in [0, 0.1) is 10.1 Å². The fraction of sp³-hybridized carbons (Fsp3) is 0.364. The molecule has 7 heteroatoms. The second-order valence-corrected chi connectivity index (χ2v) is 3.93. The molecule has 0 saturated carbocycles. The molecule has 0 spiro atoms. The van der Waals surface area contributed by atoms with Gasteiger partial charge < -0.3 is 16.0 Å². The Morgan fingerprint density at radius 3 is 2.50 bits per heavy atom. The number of nitrogens with one attached hydrogen (secondary N) is 3. The summed E-state index contributed by atoms with van der Waals surface area (Å²) in [5, 5.41) is 20.2. The Balaban J connectivity index is 2.27. The Bertz CT molecular complexity index is 408. The first-order valence-corrected chi connectivity index (χ1v) is 6.04. The van der Waals surface area contributed by atoms with E-state index >= 15 is 0 Å². The van der Waals surface area contributed by atoms with Gasteiger partial charge >= 0.3 is 0 Å². The molecule has 1 aromatic rings. The molecule has 0 aliphatic rings. The van der Waals surface area contributed by atoms with Gasteiger partial charge in [-0.15, -0.1) is 0 Å². The van der Waals surface area contributed by atoms with Crippen molar-refractivity contribution in [1.82, 2.24) is 10.6 Å². The van der Waals surface area contributed by atoms with Gasteiger partial charge in [0.25, 0.3) is 5.69 Å². The number of rotatable bonds is 6. The predicted molar refractivity (Wildman–Crippen MR) is 75.9 cm³/mol. The third-order valence-corrected chi connectivity index (χ3v) is 2.44. The molecule has 0 radical (unpaired) electrons. The zero-order valence-corrected chi connectivity index (χ0v) is 10.9. The van der Waals surface area contributed by atoms with Gasteiger partial charge in [0.05, 0.1) is 4.92 Å². The molecule has 6 nitrogen and oxygen atoms in total. The van der Waals surface area contributed by atoms with Gasteiger partial charge in [-0.05, 0) is 31.3 Å². The molecular formula is C11H16N4O2S. The van der Waals surface area contributed by atoms with Crippen molar-refractivity contribution < 1.29 is 4.92 Å². The maximum Gasteiger partial charge on any atom is 0.269 e. The monoisotopic (exact) mass is 268 g/mol. The number of benzene rings is 1. The Kier molecular flexibility index (Phi) is 5.86. The van der Waals surface area contributed by atoms with Crippen molar-refractivity contribution in [3.63, 3.8) is 0 Å². The van der Waals surface area contributed by atoms with Crippen molar-refractivity contribution in [3.8, 4) is 0 Å². The van der Waals surface area contributed by atoms with Crippen LogP contribution < -0.4 is 16.0 Å². The molecule has 0 heterocycles. The maximum atomic E-state index is 10.5. The lowest BCUT2D eigenvalue weighted by atomic mass is 10.3. The summed E-state index contributed by atoms with van der Waals surface area (Å²) in [4.78, 5) is 10.0. The number of anilines is 1. The van der Waals surface area contributed by atoms with E-state index in [1.807, 2.05) is 6.92 Å². The quantitative estimate of drug-likeness (QED) is 0.314. The summed E-state index contributed by atoms with van der Waals surface area (Å²) >= 11 is 5.00. The molecule has 0 aromatic heterocycles. The Morgan fingerprint density at radius 1 is 1.28 bits per heavy atom. The minimum atomic E-state index is -0.416. The first-order valence-electron chi connectivity index (χ1n) is 5.63. The van der Waals surface area contributed by atoms with Crippen molar-refractivity contribution in [2.24, 2.45) is 0 Å². The maximum absolute atomic E-state index is 10.5. The summed E-state index contributed by atoms with van der Waals surface area (Å²) in [6, 6.07) is 6.31. The van der Waals surface area contributed by atoms with Crippen LogP contribution in [0.5, 0.6) is 0 Å². The first kappa shape index (κ1) is 14.2. The van der Waals surface area contributed by atoms with E-state index in [1.54, 1.807) is 12.1 Å². The number of thiocarbonyl (C=S) groups is 1. The number of nitro benzene ring substituents is 1. The molecule has 0 saturated heterocycles. The molecule has 3 N–H and O–H groups in total. The van der Waals surface area contributed by atoms with Gasteiger partial charge in [0.1, 0.15) is 0 Å². The second-order valence-electron chi connectivity index (χ2n) is 3.52. The van der Waals surface area contributed by atoms with E-state index in [1.165, 1.54) is 12.1 Å². The van der Waals surface area contributed by atoms with Crippen molar-refractivity contribution in [1.29, 1.82) is 0 Å². The SMILES string of the molecule is CCNC(=S)NCCNc1ccc([N+](=O)[O-])cc1. The zero-order valence-electron chi connectivity index (χ0n) is 10.1. The van der Waals surface area contributed by atoms with Crippen molar-refractivity contribution in [2.45, 2.75) is 6.92 Å². The van der Waals surface area contributed by atoms with Crippen LogP contribution >= 0.6 is 12.2 Å². The molecule has 0 aliphatic heterocycles. The highest BCUT2D eigenvalue weighted by molar-refractivity contribution is 7.80. The van der Waals surface area contributed by atoms with Crippen LogP contribution in [0.1, 0.15) is 6.92 Å². The van der Waals surface area contributed by atoms with E-state index in [2.05, 4.69) is 16.0 Å². The fourth-order valence-corrected chi connectivity index (χ4v) is 1.55. The van der Waals surface area contributed by atoms with E-state index in [-0.39, 0.29) is 5.69 Å². The highest BCUT2D eigenvalue weighted by Gasteiger charge is 2.03. The molecule has 1 rings (SSSR count). The van der Waals surface area contributed by atoms with E-state index in [4.69, 9.17) is 12.2 Å². The van der Waals surface area contributed by atoms with Crippen LogP contribution in [-0.4, -0.2) is 29.7 Å². The Morgan fingerprint density at radius 2 is 1.94 bits per heavy atom. The molecule has 0 bridgehead atoms. The number of nitro groups is 1. The van der Waals surface area contributed by atoms with Crippen LogP contribution in [-0.2, 0) is 0 Å². The molecule has 1 aromatic carbocycles. The van der Waals surface area contributed by atoms with Crippen LogP contribution in [0.4, 0.5) is 11.4 Å². The smallest absolute Gasteiger partial charge is 0.269 e. The molecule has 0 amide bonds. The summed E-state index contributed by atoms with van der Waals surface area (Å²) in [6.45, 7) is 4.14. The number of hydrogen-bond acceptors (Lipinski definition) is 4. The van der Waals surface area contributed by atoms with E-state index in [0.29, 0.717) is 18.2 Å². The van der Waals surface area contributed by atoms with E-state index < -0.39 is 4.92 Å². The lowest BCUT2D eigenvalue weighted by Crippen LogP contribution is -2.37. The minimum Gasteiger partial charge on any atom is -0.383 e. The molecule has 0 atom stereocenters. The van der Waals surface area contributed by atoms with Gasteiger partial charge in [0.2, 0.25) is 0 Å². The first-order chi connectivity index (χ1) is 8.63. The number of non-ortho nitro benzene ring substituents is 1. The lowest BCUT2D eigenvalue weighted by Gasteiger charge is -2.10. The highest BCUT2D eigenvalue weighted by atomic mass is 32.1. The third kappa shape index (κ3) is 4.96. The summed E-state index contributed by atoms with van der Waals surface area (Å²) in [7, 11) is 0. The third-order valence-electron chi connectivity index (χ3n) is 2.16. The molecule has 0 unspecified atom stereocenters. The molecule has 98 valence electrons. The molecule has 18 heavy (non-hydrogen) atoms. The minimum absolute atomic E-state index is 0.0898. The summed E-state index contributed by atoms with van der Waals surface area (Å²) < 4.78 is 0. The largest absolute Gasteiger partial charge is 0.383 e. The van der Waals surface area contributed by atoms with Crippen LogP contribution in [0.25, 0.3) is 0 Å². The van der Waals surface area contributed by atoms with Crippen LogP contribution in [0.2, 0.25) is 0 Å². The average Bonchev–Trinajstić information content (AvgIpc) is 2.35. The Labute approximate surface area is 111 Å². The van der Waals surface area contributed by atoms with Gasteiger partial charge in [-0.3, -0.25) is 10.1 Å². The van der Waals surface area contributed by atoms with Gasteiger partial charge in [0, 0.05) is 37.5 Å². The lowest BCUT2D eigenvalue weighted by molar-refractivity contribution is -0.384. The summed E-state index contributed by atoms with van der Waals surface area (Å²) in [5.41, 5.74) is 0.934. The summed E-state index contributed by atoms with van der Waals surface area (Å²) in [6.07, 6.45) is 0. The Hall–Kier alpha value is -1.89. The molecule has 0 aliphatic carbocycles. The van der Waals surface area contributed by atoms with Gasteiger partial charge in [-0.25, -0.2) is 0 Å². The van der Waals surface area contributed by atoms with Gasteiger partial charge in [-0.1, -0.05) is 0 Å². The van der Waals surface area contributed by atoms with Crippen molar-refractivity contribution >= 4 is 28.7 Å². The normalized spacial score (nSPS) is 9.61. The van der Waals surface area contributed by atoms with Crippen molar-refractivity contribution in [3.05, 3.63) is 34.4 Å². The topological polar surface area (TPSA) is 79.2 Å². The van der Waals surface area contributed by atoms with E-state index in [0.717, 1.165) is 12.2 Å². The van der Waals surface area contributed by atoms with Crippen molar-refractivity contribution in [2.75, 3.05) is 25.0 Å². The number of nitrogens with zero attached hydrogens (tertiary/aromatic N) is 1. The van der Waals surface area contributed by atoms with Gasteiger partial charge in [-0.2, -0.15) is 0 Å². The average molecular weight is 268 g/mol. The standard InChI is InChI=1S/C11H16N4O2S/c1-2-12-11(18)14-8-7-13-9-3-5-10(6-4-9)15(16)17/h3-6,13H,2,7-8H2,1H3,(H2,12,14,18). The predicted octanol–water partition coefficient (Wildman–Crippen LogP) is 1.49. The number of hydrogen-bond donors (Lipinski definition) is 3. The van der Waals surface area contributed by atoms with Crippen LogP contribution in [0.15, 0.2) is 24.3 Å². The zero-order chi connectivity index (χ0) is 13.4. The highest BCUT2D eigenvalue weighted by Crippen LogP contribution is 2.14. The summed E-state index contributed by atoms with van der Waals surface area (Å²) in [5.74, 6) is 0. The van der Waals surface area contributed by atoms with E-state index in [9.17, 15) is 10.1 Å². The van der Waals surface area contributed by atoms with Gasteiger partial charge in [0.15, 0.2) is 5.11 Å². The fourth-order valence-electron chi connectivity index (χ4n) is 1.31. The van der Waals surface area contributed by atoms with Crippen LogP contribution in [0.3, 0.4) is 0 Å².